The lowest BCUT2D eigenvalue weighted by atomic mass is 9.49. The van der Waals surface area contributed by atoms with E-state index in [1.165, 1.54) is 24.2 Å². The van der Waals surface area contributed by atoms with Crippen molar-refractivity contribution in [2.24, 2.45) is 23.2 Å². The second-order valence-electron chi connectivity index (χ2n) is 10.4. The van der Waals surface area contributed by atoms with Crippen LogP contribution in [-0.2, 0) is 19.1 Å². The van der Waals surface area contributed by atoms with Crippen molar-refractivity contribution < 1.29 is 19.1 Å². The molecule has 4 bridgehead atoms. The van der Waals surface area contributed by atoms with Gasteiger partial charge in [-0.3, -0.25) is 14.4 Å². The Bertz CT molecular complexity index is 843. The molecule has 6 nitrogen and oxygen atoms in total. The molecule has 4 aliphatic carbocycles. The Morgan fingerprint density at radius 2 is 1.68 bits per heavy atom. The van der Waals surface area contributed by atoms with E-state index in [0.29, 0.717) is 6.42 Å². The van der Waals surface area contributed by atoms with E-state index in [-0.39, 0.29) is 36.4 Å². The Balaban J connectivity index is 1.22. The summed E-state index contributed by atoms with van der Waals surface area (Å²) in [6.07, 6.45) is 7.85. The first-order valence-electron chi connectivity index (χ1n) is 11.5. The Labute approximate surface area is 184 Å². The summed E-state index contributed by atoms with van der Waals surface area (Å²) in [6.45, 7) is 3.49. The molecule has 2 amide bonds. The van der Waals surface area contributed by atoms with Crippen molar-refractivity contribution in [1.29, 1.82) is 0 Å². The van der Waals surface area contributed by atoms with Crippen LogP contribution in [0, 0.1) is 37.0 Å². The SMILES string of the molecule is Cc1ccc(C)c(NC(=O)CN(C)C(=O)COC(=O)CC23CC4CC(CC(C4)C2)C3)c1. The minimum atomic E-state index is -0.366. The Hall–Kier alpha value is -2.37. The summed E-state index contributed by atoms with van der Waals surface area (Å²) in [5.41, 5.74) is 2.86. The number of aryl methyl sites for hydroxylation is 2. The molecule has 4 saturated carbocycles. The number of nitrogens with one attached hydrogen (secondary N) is 1. The number of carbonyl (C=O) groups excluding carboxylic acids is 3. The van der Waals surface area contributed by atoms with Crippen LogP contribution in [0.2, 0.25) is 0 Å². The van der Waals surface area contributed by atoms with Crippen molar-refractivity contribution in [1.82, 2.24) is 4.90 Å². The van der Waals surface area contributed by atoms with Gasteiger partial charge in [-0.25, -0.2) is 0 Å². The average Bonchev–Trinajstić information content (AvgIpc) is 2.67. The van der Waals surface area contributed by atoms with Crippen LogP contribution >= 0.6 is 0 Å². The number of benzene rings is 1. The van der Waals surface area contributed by atoms with Gasteiger partial charge in [0.15, 0.2) is 6.61 Å². The molecule has 0 radical (unpaired) electrons. The number of rotatable bonds is 7. The molecule has 0 saturated heterocycles. The zero-order valence-corrected chi connectivity index (χ0v) is 18.9. The van der Waals surface area contributed by atoms with Crippen LogP contribution in [0.15, 0.2) is 18.2 Å². The molecule has 4 fully saturated rings. The average molecular weight is 427 g/mol. The van der Waals surface area contributed by atoms with Gasteiger partial charge in [-0.15, -0.1) is 0 Å². The van der Waals surface area contributed by atoms with Gasteiger partial charge in [0.2, 0.25) is 5.91 Å². The molecule has 1 aromatic carbocycles. The largest absolute Gasteiger partial charge is 0.456 e. The maximum Gasteiger partial charge on any atom is 0.306 e. The molecular formula is C25H34N2O4. The normalized spacial score (nSPS) is 28.3. The van der Waals surface area contributed by atoms with Gasteiger partial charge in [-0.05, 0) is 92.7 Å². The highest BCUT2D eigenvalue weighted by Gasteiger charge is 2.51. The van der Waals surface area contributed by atoms with E-state index < -0.39 is 0 Å². The zero-order valence-electron chi connectivity index (χ0n) is 18.9. The van der Waals surface area contributed by atoms with Crippen molar-refractivity contribution >= 4 is 23.5 Å². The second kappa shape index (κ2) is 8.64. The fraction of sp³-hybridized carbons (Fsp3) is 0.640. The van der Waals surface area contributed by atoms with Crippen LogP contribution in [-0.4, -0.2) is 42.9 Å². The molecule has 6 heteroatoms. The summed E-state index contributed by atoms with van der Waals surface area (Å²) in [6, 6.07) is 5.84. The third-order valence-electron chi connectivity index (χ3n) is 7.51. The monoisotopic (exact) mass is 426 g/mol. The van der Waals surface area contributed by atoms with E-state index in [2.05, 4.69) is 5.32 Å². The van der Waals surface area contributed by atoms with E-state index in [9.17, 15) is 14.4 Å². The van der Waals surface area contributed by atoms with Crippen LogP contribution in [0.1, 0.15) is 56.1 Å². The molecule has 168 valence electrons. The van der Waals surface area contributed by atoms with Gasteiger partial charge in [-0.2, -0.15) is 0 Å². The first-order chi connectivity index (χ1) is 14.7. The van der Waals surface area contributed by atoms with E-state index in [4.69, 9.17) is 4.74 Å². The standard InChI is InChI=1S/C25H34N2O4/c1-16-4-5-17(2)21(6-16)26-22(28)14-27(3)23(29)15-31-24(30)13-25-10-18-7-19(11-25)9-20(8-18)12-25/h4-6,18-20H,7-15H2,1-3H3,(H,26,28). The summed E-state index contributed by atoms with van der Waals surface area (Å²) in [5.74, 6) is 1.43. The Morgan fingerprint density at radius 3 is 2.29 bits per heavy atom. The van der Waals surface area contributed by atoms with Crippen molar-refractivity contribution in [3.63, 3.8) is 0 Å². The van der Waals surface area contributed by atoms with E-state index >= 15 is 0 Å². The Kier molecular flexibility index (Phi) is 6.09. The van der Waals surface area contributed by atoms with Crippen molar-refractivity contribution in [3.05, 3.63) is 29.3 Å². The highest BCUT2D eigenvalue weighted by Crippen LogP contribution is 2.61. The van der Waals surface area contributed by atoms with E-state index in [1.54, 1.807) is 7.05 Å². The fourth-order valence-corrected chi connectivity index (χ4v) is 6.48. The minimum absolute atomic E-state index is 0.0846. The molecule has 0 spiro atoms. The Morgan fingerprint density at radius 1 is 1.06 bits per heavy atom. The molecule has 0 heterocycles. The number of anilines is 1. The van der Waals surface area contributed by atoms with E-state index in [0.717, 1.165) is 53.8 Å². The summed E-state index contributed by atoms with van der Waals surface area (Å²) in [7, 11) is 1.55. The molecule has 1 N–H and O–H groups in total. The van der Waals surface area contributed by atoms with Gasteiger partial charge in [0.25, 0.3) is 5.91 Å². The maximum absolute atomic E-state index is 12.5. The zero-order chi connectivity index (χ0) is 22.2. The van der Waals surface area contributed by atoms with Gasteiger partial charge in [0.05, 0.1) is 13.0 Å². The number of carbonyl (C=O) groups is 3. The van der Waals surface area contributed by atoms with Crippen LogP contribution < -0.4 is 5.32 Å². The van der Waals surface area contributed by atoms with Crippen LogP contribution in [0.25, 0.3) is 0 Å². The quantitative estimate of drug-likeness (QED) is 0.672. The second-order valence-corrected chi connectivity index (χ2v) is 10.4. The highest BCUT2D eigenvalue weighted by atomic mass is 16.5. The predicted molar refractivity (Wildman–Crippen MR) is 118 cm³/mol. The number of hydrogen-bond acceptors (Lipinski definition) is 4. The first kappa shape index (κ1) is 21.8. The van der Waals surface area contributed by atoms with Gasteiger partial charge < -0.3 is 15.0 Å². The minimum Gasteiger partial charge on any atom is -0.456 e. The van der Waals surface area contributed by atoms with Gasteiger partial charge >= 0.3 is 5.97 Å². The summed E-state index contributed by atoms with van der Waals surface area (Å²) >= 11 is 0. The third kappa shape index (κ3) is 5.10. The predicted octanol–water partition coefficient (Wildman–Crippen LogP) is 3.85. The number of esters is 1. The summed E-state index contributed by atoms with van der Waals surface area (Å²) in [4.78, 5) is 38.5. The smallest absolute Gasteiger partial charge is 0.306 e. The van der Waals surface area contributed by atoms with Crippen LogP contribution in [0.4, 0.5) is 5.69 Å². The molecule has 0 aromatic heterocycles. The van der Waals surface area contributed by atoms with Gasteiger partial charge in [0.1, 0.15) is 0 Å². The fourth-order valence-electron chi connectivity index (χ4n) is 6.48. The van der Waals surface area contributed by atoms with Gasteiger partial charge in [-0.1, -0.05) is 12.1 Å². The molecule has 4 aliphatic rings. The molecule has 0 atom stereocenters. The summed E-state index contributed by atoms with van der Waals surface area (Å²) < 4.78 is 5.34. The molecular weight excluding hydrogens is 392 g/mol. The summed E-state index contributed by atoms with van der Waals surface area (Å²) in [5, 5.41) is 2.85. The lowest BCUT2D eigenvalue weighted by Crippen LogP contribution is -2.47. The maximum atomic E-state index is 12.5. The van der Waals surface area contributed by atoms with Crippen LogP contribution in [0.5, 0.6) is 0 Å². The van der Waals surface area contributed by atoms with Crippen molar-refractivity contribution in [2.75, 3.05) is 25.5 Å². The number of ether oxygens (including phenoxy) is 1. The van der Waals surface area contributed by atoms with Crippen molar-refractivity contribution in [2.45, 2.75) is 58.8 Å². The molecule has 1 aromatic rings. The lowest BCUT2D eigenvalue weighted by Gasteiger charge is -2.56. The molecule has 5 rings (SSSR count). The number of likely N-dealkylation sites (N-methyl/N-ethyl adjacent to an activating group) is 1. The lowest BCUT2D eigenvalue weighted by molar-refractivity contribution is -0.157. The molecule has 0 unspecified atom stereocenters. The topological polar surface area (TPSA) is 75.7 Å². The molecule has 31 heavy (non-hydrogen) atoms. The highest BCUT2D eigenvalue weighted by molar-refractivity contribution is 5.95. The van der Waals surface area contributed by atoms with Gasteiger partial charge in [0, 0.05) is 12.7 Å². The number of nitrogens with zero attached hydrogens (tertiary/aromatic N) is 1. The van der Waals surface area contributed by atoms with Crippen molar-refractivity contribution in [3.8, 4) is 0 Å². The number of hydrogen-bond donors (Lipinski definition) is 1. The number of amides is 2. The van der Waals surface area contributed by atoms with Crippen LogP contribution in [0.3, 0.4) is 0 Å². The van der Waals surface area contributed by atoms with E-state index in [1.807, 2.05) is 32.0 Å². The third-order valence-corrected chi connectivity index (χ3v) is 7.51. The first-order valence-corrected chi connectivity index (χ1v) is 11.5. The molecule has 0 aliphatic heterocycles.